The third kappa shape index (κ3) is 6.34. The first-order valence-electron chi connectivity index (χ1n) is 10.8. The Bertz CT molecular complexity index is 425. The standard InChI is InChI=1S/C21H36O3S2/c22-21(23)8-4-5-12-25-13-11-17-18(20-10-9-19(17)24-20)15-26-14-16-6-2-1-3-7-16/h16-20H,1-15H2,(H,22,23)/t17-,18+,19-,20+/m1/s1. The molecule has 0 radical (unpaired) electrons. The third-order valence-corrected chi connectivity index (χ3v) is 8.93. The largest absolute Gasteiger partial charge is 0.481 e. The highest BCUT2D eigenvalue weighted by Crippen LogP contribution is 2.46. The highest BCUT2D eigenvalue weighted by atomic mass is 32.2. The minimum Gasteiger partial charge on any atom is -0.481 e. The van der Waals surface area contributed by atoms with Crippen LogP contribution < -0.4 is 0 Å². The summed E-state index contributed by atoms with van der Waals surface area (Å²) in [6.45, 7) is 0. The molecule has 1 N–H and O–H groups in total. The molecule has 26 heavy (non-hydrogen) atoms. The van der Waals surface area contributed by atoms with Gasteiger partial charge in [-0.1, -0.05) is 19.3 Å². The molecule has 3 rings (SSSR count). The molecule has 2 saturated heterocycles. The molecule has 0 aromatic heterocycles. The Hall–Kier alpha value is 0.130. The van der Waals surface area contributed by atoms with Crippen LogP contribution >= 0.6 is 23.5 Å². The lowest BCUT2D eigenvalue weighted by molar-refractivity contribution is -0.137. The second kappa shape index (κ2) is 11.2. The molecule has 0 aromatic carbocycles. The fourth-order valence-electron chi connectivity index (χ4n) is 5.03. The smallest absolute Gasteiger partial charge is 0.303 e. The van der Waals surface area contributed by atoms with Crippen LogP contribution in [0.1, 0.15) is 70.6 Å². The van der Waals surface area contributed by atoms with E-state index in [2.05, 4.69) is 11.8 Å². The lowest BCUT2D eigenvalue weighted by atomic mass is 9.79. The van der Waals surface area contributed by atoms with Crippen LogP contribution in [0, 0.1) is 17.8 Å². The van der Waals surface area contributed by atoms with Crippen LogP contribution in [0.25, 0.3) is 0 Å². The molecule has 0 amide bonds. The lowest BCUT2D eigenvalue weighted by Gasteiger charge is -2.28. The average Bonchev–Trinajstić information content (AvgIpc) is 3.24. The molecule has 0 aromatic rings. The zero-order valence-corrected chi connectivity index (χ0v) is 17.7. The van der Waals surface area contributed by atoms with Gasteiger partial charge in [-0.2, -0.15) is 23.5 Å². The number of hydrogen-bond donors (Lipinski definition) is 1. The van der Waals surface area contributed by atoms with Crippen LogP contribution in [-0.2, 0) is 9.53 Å². The molecular formula is C21H36O3S2. The predicted molar refractivity (Wildman–Crippen MR) is 112 cm³/mol. The number of carboxylic acid groups (broad SMARTS) is 1. The molecule has 3 nitrogen and oxygen atoms in total. The SMILES string of the molecule is O=C(O)CCCCSCC[C@@H]1[C@H](CSCC2CCCCC2)[C@@H]2CC[C@H]1O2. The summed E-state index contributed by atoms with van der Waals surface area (Å²) in [6, 6.07) is 0. The van der Waals surface area contributed by atoms with Gasteiger partial charge in [-0.25, -0.2) is 0 Å². The Morgan fingerprint density at radius 2 is 1.65 bits per heavy atom. The Morgan fingerprint density at radius 1 is 0.885 bits per heavy atom. The molecule has 150 valence electrons. The van der Waals surface area contributed by atoms with Crippen LogP contribution in [0.2, 0.25) is 0 Å². The van der Waals surface area contributed by atoms with Crippen molar-refractivity contribution in [1.29, 1.82) is 0 Å². The number of thioether (sulfide) groups is 2. The van der Waals surface area contributed by atoms with Crippen LogP contribution in [0.3, 0.4) is 0 Å². The van der Waals surface area contributed by atoms with Gasteiger partial charge in [0.05, 0.1) is 12.2 Å². The van der Waals surface area contributed by atoms with Crippen molar-refractivity contribution in [2.45, 2.75) is 82.8 Å². The summed E-state index contributed by atoms with van der Waals surface area (Å²) in [7, 11) is 0. The van der Waals surface area contributed by atoms with Crippen molar-refractivity contribution < 1.29 is 14.6 Å². The first-order valence-corrected chi connectivity index (χ1v) is 13.1. The minimum absolute atomic E-state index is 0.321. The Kier molecular flexibility index (Phi) is 8.99. The lowest BCUT2D eigenvalue weighted by Crippen LogP contribution is -2.29. The second-order valence-electron chi connectivity index (χ2n) is 8.41. The van der Waals surface area contributed by atoms with Gasteiger partial charge in [-0.15, -0.1) is 0 Å². The van der Waals surface area contributed by atoms with E-state index in [1.54, 1.807) is 0 Å². The van der Waals surface area contributed by atoms with Crippen molar-refractivity contribution in [2.75, 3.05) is 23.0 Å². The van der Waals surface area contributed by atoms with Crippen LogP contribution in [0.5, 0.6) is 0 Å². The zero-order chi connectivity index (χ0) is 18.2. The van der Waals surface area contributed by atoms with E-state index in [-0.39, 0.29) is 0 Å². The van der Waals surface area contributed by atoms with E-state index in [1.807, 2.05) is 11.8 Å². The van der Waals surface area contributed by atoms with Crippen molar-refractivity contribution in [3.8, 4) is 0 Å². The topological polar surface area (TPSA) is 46.5 Å². The highest BCUT2D eigenvalue weighted by Gasteiger charge is 2.47. The maximum atomic E-state index is 10.5. The van der Waals surface area contributed by atoms with Gasteiger partial charge >= 0.3 is 5.97 Å². The summed E-state index contributed by atoms with van der Waals surface area (Å²) in [5.74, 6) is 6.89. The number of rotatable bonds is 12. The second-order valence-corrected chi connectivity index (χ2v) is 10.7. The molecule has 1 saturated carbocycles. The summed E-state index contributed by atoms with van der Waals surface area (Å²) in [6.07, 6.45) is 14.4. The summed E-state index contributed by atoms with van der Waals surface area (Å²) in [4.78, 5) is 10.5. The first-order chi connectivity index (χ1) is 12.7. The molecule has 2 heterocycles. The fraction of sp³-hybridized carbons (Fsp3) is 0.952. The van der Waals surface area contributed by atoms with E-state index >= 15 is 0 Å². The minimum atomic E-state index is -0.664. The average molecular weight is 401 g/mol. The van der Waals surface area contributed by atoms with Crippen molar-refractivity contribution in [3.05, 3.63) is 0 Å². The van der Waals surface area contributed by atoms with E-state index in [0.29, 0.717) is 18.6 Å². The molecule has 0 unspecified atom stereocenters. The number of hydrogen-bond acceptors (Lipinski definition) is 4. The zero-order valence-electron chi connectivity index (χ0n) is 16.1. The van der Waals surface area contributed by atoms with Gasteiger partial charge in [0.15, 0.2) is 0 Å². The normalized spacial score (nSPS) is 31.5. The van der Waals surface area contributed by atoms with Crippen molar-refractivity contribution in [2.24, 2.45) is 17.8 Å². The molecule has 0 spiro atoms. The highest BCUT2D eigenvalue weighted by molar-refractivity contribution is 7.99. The molecule has 3 fully saturated rings. The maximum Gasteiger partial charge on any atom is 0.303 e. The molecular weight excluding hydrogens is 364 g/mol. The number of aliphatic carboxylic acids is 1. The van der Waals surface area contributed by atoms with Gasteiger partial charge in [0.25, 0.3) is 0 Å². The summed E-state index contributed by atoms with van der Waals surface area (Å²) in [5.41, 5.74) is 0. The van der Waals surface area contributed by atoms with E-state index in [1.165, 1.54) is 68.6 Å². The van der Waals surface area contributed by atoms with Crippen molar-refractivity contribution in [3.63, 3.8) is 0 Å². The molecule has 2 aliphatic heterocycles. The number of carboxylic acids is 1. The first kappa shape index (κ1) is 20.9. The van der Waals surface area contributed by atoms with Crippen molar-refractivity contribution in [1.82, 2.24) is 0 Å². The van der Waals surface area contributed by atoms with E-state index in [9.17, 15) is 4.79 Å². The van der Waals surface area contributed by atoms with Crippen LogP contribution in [0.4, 0.5) is 0 Å². The summed E-state index contributed by atoms with van der Waals surface area (Å²) in [5, 5.41) is 8.68. The van der Waals surface area contributed by atoms with Gasteiger partial charge in [-0.05, 0) is 85.7 Å². The van der Waals surface area contributed by atoms with Gasteiger partial charge in [-0.3, -0.25) is 4.79 Å². The van der Waals surface area contributed by atoms with E-state index in [0.717, 1.165) is 36.3 Å². The van der Waals surface area contributed by atoms with Crippen LogP contribution in [0.15, 0.2) is 0 Å². The molecule has 5 heteroatoms. The monoisotopic (exact) mass is 400 g/mol. The van der Waals surface area contributed by atoms with Crippen LogP contribution in [-0.4, -0.2) is 46.3 Å². The van der Waals surface area contributed by atoms with Gasteiger partial charge in [0.1, 0.15) is 0 Å². The number of unbranched alkanes of at least 4 members (excludes halogenated alkanes) is 1. The van der Waals surface area contributed by atoms with Gasteiger partial charge in [0.2, 0.25) is 0 Å². The summed E-state index contributed by atoms with van der Waals surface area (Å²) < 4.78 is 6.27. The maximum absolute atomic E-state index is 10.5. The van der Waals surface area contributed by atoms with E-state index < -0.39 is 5.97 Å². The Balaban J connectivity index is 1.31. The molecule has 4 atom stereocenters. The quantitative estimate of drug-likeness (QED) is 0.440. The van der Waals surface area contributed by atoms with Crippen molar-refractivity contribution >= 4 is 29.5 Å². The molecule has 1 aliphatic carbocycles. The Morgan fingerprint density at radius 3 is 2.42 bits per heavy atom. The molecule has 3 aliphatic rings. The van der Waals surface area contributed by atoms with Gasteiger partial charge in [0, 0.05) is 6.42 Å². The van der Waals surface area contributed by atoms with E-state index in [4.69, 9.17) is 9.84 Å². The number of fused-ring (bicyclic) bond motifs is 2. The van der Waals surface area contributed by atoms with Gasteiger partial charge < -0.3 is 9.84 Å². The number of ether oxygens (including phenoxy) is 1. The third-order valence-electron chi connectivity index (χ3n) is 6.50. The summed E-state index contributed by atoms with van der Waals surface area (Å²) >= 11 is 4.22. The molecule has 2 bridgehead atoms. The predicted octanol–water partition coefficient (Wildman–Crippen LogP) is 5.47. The Labute approximate surface area is 167 Å². The number of carbonyl (C=O) groups is 1. The fourth-order valence-corrected chi connectivity index (χ4v) is 7.62.